The van der Waals surface area contributed by atoms with Crippen LogP contribution in [0.4, 0.5) is 5.69 Å². The number of carbonyl (C=O) groups is 2. The van der Waals surface area contributed by atoms with Crippen LogP contribution in [0, 0.1) is 0 Å². The first kappa shape index (κ1) is 12.6. The normalized spacial score (nSPS) is 16.4. The summed E-state index contributed by atoms with van der Waals surface area (Å²) >= 11 is 0. The van der Waals surface area contributed by atoms with Gasteiger partial charge in [-0.1, -0.05) is 0 Å². The molecule has 1 aliphatic heterocycles. The molecule has 0 saturated heterocycles. The van der Waals surface area contributed by atoms with Gasteiger partial charge >= 0.3 is 0 Å². The molecule has 0 saturated carbocycles. The number of nitrogens with one attached hydrogen (secondary N) is 2. The SMILES string of the molecule is CC(C)NC(=O)c1ccc2c(c1)C(C)(C)C(=O)N2. The van der Waals surface area contributed by atoms with Gasteiger partial charge in [0, 0.05) is 17.3 Å². The molecule has 0 aromatic heterocycles. The van der Waals surface area contributed by atoms with Crippen molar-refractivity contribution >= 4 is 17.5 Å². The summed E-state index contributed by atoms with van der Waals surface area (Å²) in [5.74, 6) is -0.137. The summed E-state index contributed by atoms with van der Waals surface area (Å²) in [5.41, 5.74) is 1.69. The lowest BCUT2D eigenvalue weighted by Gasteiger charge is -2.16. The Bertz CT molecular complexity index is 519. The summed E-state index contributed by atoms with van der Waals surface area (Å²) in [6, 6.07) is 5.42. The third-order valence-corrected chi connectivity index (χ3v) is 3.19. The van der Waals surface area contributed by atoms with Crippen LogP contribution in [0.3, 0.4) is 0 Å². The van der Waals surface area contributed by atoms with E-state index in [-0.39, 0.29) is 17.9 Å². The molecule has 4 heteroatoms. The fraction of sp³-hybridized carbons (Fsp3) is 0.429. The van der Waals surface area contributed by atoms with Crippen molar-refractivity contribution < 1.29 is 9.59 Å². The fourth-order valence-corrected chi connectivity index (χ4v) is 2.06. The standard InChI is InChI=1S/C14H18N2O2/c1-8(2)15-12(17)9-5-6-11-10(7-9)14(3,4)13(18)16-11/h5-8H,1-4H3,(H,15,17)(H,16,18). The number of benzene rings is 1. The molecule has 2 rings (SSSR count). The second-order valence-electron chi connectivity index (χ2n) is 5.47. The molecule has 1 heterocycles. The second-order valence-corrected chi connectivity index (χ2v) is 5.47. The Morgan fingerprint density at radius 3 is 2.61 bits per heavy atom. The molecule has 1 aromatic rings. The van der Waals surface area contributed by atoms with Crippen LogP contribution in [0.1, 0.15) is 43.6 Å². The third-order valence-electron chi connectivity index (χ3n) is 3.19. The van der Waals surface area contributed by atoms with E-state index < -0.39 is 5.41 Å². The number of carbonyl (C=O) groups excluding carboxylic acids is 2. The van der Waals surface area contributed by atoms with Crippen molar-refractivity contribution in [3.63, 3.8) is 0 Å². The number of hydrogen-bond donors (Lipinski definition) is 2. The summed E-state index contributed by atoms with van der Waals surface area (Å²) < 4.78 is 0. The minimum Gasteiger partial charge on any atom is -0.350 e. The monoisotopic (exact) mass is 246 g/mol. The van der Waals surface area contributed by atoms with Crippen LogP contribution >= 0.6 is 0 Å². The molecule has 2 N–H and O–H groups in total. The predicted octanol–water partition coefficient (Wildman–Crippen LogP) is 2.05. The Morgan fingerprint density at radius 2 is 2.00 bits per heavy atom. The molecule has 2 amide bonds. The van der Waals surface area contributed by atoms with Gasteiger partial charge in [-0.15, -0.1) is 0 Å². The van der Waals surface area contributed by atoms with E-state index in [2.05, 4.69) is 10.6 Å². The van der Waals surface area contributed by atoms with E-state index in [4.69, 9.17) is 0 Å². The molecule has 0 bridgehead atoms. The van der Waals surface area contributed by atoms with E-state index in [9.17, 15) is 9.59 Å². The Kier molecular flexibility index (Phi) is 2.89. The fourth-order valence-electron chi connectivity index (χ4n) is 2.06. The average molecular weight is 246 g/mol. The molecule has 0 radical (unpaired) electrons. The van der Waals surface area contributed by atoms with E-state index in [0.29, 0.717) is 5.56 Å². The van der Waals surface area contributed by atoms with Gasteiger partial charge in [-0.2, -0.15) is 0 Å². The molecule has 96 valence electrons. The molecular formula is C14H18N2O2. The van der Waals surface area contributed by atoms with Gasteiger partial charge in [0.1, 0.15) is 0 Å². The van der Waals surface area contributed by atoms with Crippen molar-refractivity contribution in [1.29, 1.82) is 0 Å². The predicted molar refractivity (Wildman–Crippen MR) is 70.7 cm³/mol. The van der Waals surface area contributed by atoms with Crippen LogP contribution < -0.4 is 10.6 Å². The summed E-state index contributed by atoms with van der Waals surface area (Å²) in [6.45, 7) is 7.55. The van der Waals surface area contributed by atoms with Gasteiger partial charge in [-0.05, 0) is 51.5 Å². The Balaban J connectivity index is 2.37. The van der Waals surface area contributed by atoms with Crippen LogP contribution in [0.15, 0.2) is 18.2 Å². The number of rotatable bonds is 2. The van der Waals surface area contributed by atoms with E-state index in [1.807, 2.05) is 27.7 Å². The molecule has 1 aliphatic rings. The summed E-state index contributed by atoms with van der Waals surface area (Å²) in [4.78, 5) is 23.7. The molecule has 0 aliphatic carbocycles. The third kappa shape index (κ3) is 1.98. The average Bonchev–Trinajstić information content (AvgIpc) is 2.49. The lowest BCUT2D eigenvalue weighted by molar-refractivity contribution is -0.119. The van der Waals surface area contributed by atoms with Crippen molar-refractivity contribution in [1.82, 2.24) is 5.32 Å². The van der Waals surface area contributed by atoms with E-state index >= 15 is 0 Å². The lowest BCUT2D eigenvalue weighted by atomic mass is 9.85. The van der Waals surface area contributed by atoms with Crippen LogP contribution in [-0.4, -0.2) is 17.9 Å². The molecule has 0 atom stereocenters. The highest BCUT2D eigenvalue weighted by Gasteiger charge is 2.38. The van der Waals surface area contributed by atoms with Crippen molar-refractivity contribution in [2.75, 3.05) is 5.32 Å². The molecule has 1 aromatic carbocycles. The van der Waals surface area contributed by atoms with Gasteiger partial charge in [-0.3, -0.25) is 9.59 Å². The first-order chi connectivity index (χ1) is 8.32. The smallest absolute Gasteiger partial charge is 0.251 e. The maximum Gasteiger partial charge on any atom is 0.251 e. The maximum absolute atomic E-state index is 11.9. The lowest BCUT2D eigenvalue weighted by Crippen LogP contribution is -2.30. The Morgan fingerprint density at radius 1 is 1.33 bits per heavy atom. The zero-order valence-electron chi connectivity index (χ0n) is 11.1. The molecule has 0 unspecified atom stereocenters. The van der Waals surface area contributed by atoms with Crippen molar-refractivity contribution in [2.24, 2.45) is 0 Å². The molecule has 0 fully saturated rings. The van der Waals surface area contributed by atoms with Gasteiger partial charge in [-0.25, -0.2) is 0 Å². The van der Waals surface area contributed by atoms with Gasteiger partial charge in [0.25, 0.3) is 5.91 Å². The van der Waals surface area contributed by atoms with E-state index in [0.717, 1.165) is 11.3 Å². The molecular weight excluding hydrogens is 228 g/mol. The van der Waals surface area contributed by atoms with Crippen molar-refractivity contribution in [3.8, 4) is 0 Å². The number of hydrogen-bond acceptors (Lipinski definition) is 2. The summed E-state index contributed by atoms with van der Waals surface area (Å²) in [5, 5.41) is 5.67. The number of fused-ring (bicyclic) bond motifs is 1. The zero-order chi connectivity index (χ0) is 13.5. The van der Waals surface area contributed by atoms with Crippen LogP contribution in [0.5, 0.6) is 0 Å². The highest BCUT2D eigenvalue weighted by molar-refractivity contribution is 6.07. The first-order valence-electron chi connectivity index (χ1n) is 6.09. The van der Waals surface area contributed by atoms with Gasteiger partial charge < -0.3 is 10.6 Å². The van der Waals surface area contributed by atoms with Gasteiger partial charge in [0.2, 0.25) is 5.91 Å². The maximum atomic E-state index is 11.9. The van der Waals surface area contributed by atoms with E-state index in [1.54, 1.807) is 18.2 Å². The number of anilines is 1. The quantitative estimate of drug-likeness (QED) is 0.839. The van der Waals surface area contributed by atoms with Gasteiger partial charge in [0.15, 0.2) is 0 Å². The minimum absolute atomic E-state index is 0.0288. The van der Waals surface area contributed by atoms with E-state index in [1.165, 1.54) is 0 Å². The summed E-state index contributed by atoms with van der Waals surface area (Å²) in [7, 11) is 0. The van der Waals surface area contributed by atoms with Crippen LogP contribution in [-0.2, 0) is 10.2 Å². The minimum atomic E-state index is -0.580. The zero-order valence-corrected chi connectivity index (χ0v) is 11.1. The highest BCUT2D eigenvalue weighted by Crippen LogP contribution is 2.37. The highest BCUT2D eigenvalue weighted by atomic mass is 16.2. The Hall–Kier alpha value is -1.84. The van der Waals surface area contributed by atoms with Crippen molar-refractivity contribution in [3.05, 3.63) is 29.3 Å². The molecule has 18 heavy (non-hydrogen) atoms. The first-order valence-corrected chi connectivity index (χ1v) is 6.09. The number of amides is 2. The Labute approximate surface area is 107 Å². The summed E-state index contributed by atoms with van der Waals surface area (Å²) in [6.07, 6.45) is 0. The van der Waals surface area contributed by atoms with Crippen LogP contribution in [0.25, 0.3) is 0 Å². The largest absolute Gasteiger partial charge is 0.350 e. The molecule has 0 spiro atoms. The topological polar surface area (TPSA) is 58.2 Å². The van der Waals surface area contributed by atoms with Gasteiger partial charge in [0.05, 0.1) is 5.41 Å². The second kappa shape index (κ2) is 4.12. The van der Waals surface area contributed by atoms with Crippen LogP contribution in [0.2, 0.25) is 0 Å². The van der Waals surface area contributed by atoms with Crippen molar-refractivity contribution in [2.45, 2.75) is 39.2 Å². The molecule has 4 nitrogen and oxygen atoms in total.